The number of halogens is 3. The predicted octanol–water partition coefficient (Wildman–Crippen LogP) is 3.81. The summed E-state index contributed by atoms with van der Waals surface area (Å²) in [5, 5.41) is 2.51. The number of hydrogen-bond acceptors (Lipinski definition) is 3. The third kappa shape index (κ3) is 3.87. The molecule has 2 unspecified atom stereocenters. The molecule has 1 fully saturated rings. The van der Waals surface area contributed by atoms with E-state index in [1.165, 1.54) is 0 Å². The van der Waals surface area contributed by atoms with Crippen molar-refractivity contribution in [3.8, 4) is 0 Å². The molecule has 7 heteroatoms. The van der Waals surface area contributed by atoms with E-state index >= 15 is 0 Å². The van der Waals surface area contributed by atoms with E-state index in [0.717, 1.165) is 5.69 Å². The van der Waals surface area contributed by atoms with Crippen molar-refractivity contribution in [3.05, 3.63) is 40.9 Å². The molecule has 1 amide bonds. The van der Waals surface area contributed by atoms with Crippen LogP contribution in [0.4, 0.5) is 18.9 Å². The highest BCUT2D eigenvalue weighted by Crippen LogP contribution is 2.37. The number of nitrogens with zero attached hydrogens (tertiary/aromatic N) is 2. The summed E-state index contributed by atoms with van der Waals surface area (Å²) in [6, 6.07) is 3.60. The Morgan fingerprint density at radius 2 is 2.00 bits per heavy atom. The zero-order valence-electron chi connectivity index (χ0n) is 15.6. The Balaban J connectivity index is 2.01. The average molecular weight is 379 g/mol. The molecule has 1 aliphatic heterocycles. The Labute approximate surface area is 157 Å². The Kier molecular flexibility index (Phi) is 5.87. The van der Waals surface area contributed by atoms with Crippen molar-refractivity contribution < 1.29 is 18.0 Å². The lowest BCUT2D eigenvalue weighted by atomic mass is 9.89. The lowest BCUT2D eigenvalue weighted by molar-refractivity contribution is -0.115. The van der Waals surface area contributed by atoms with Crippen LogP contribution in [-0.4, -0.2) is 43.0 Å². The van der Waals surface area contributed by atoms with Gasteiger partial charge in [0.1, 0.15) is 19.0 Å². The molecule has 0 aromatic carbocycles. The third-order valence-electron chi connectivity index (χ3n) is 5.07. The minimum absolute atomic E-state index is 0.0722. The second kappa shape index (κ2) is 8.15. The molecule has 2 heterocycles. The van der Waals surface area contributed by atoms with Crippen molar-refractivity contribution in [1.82, 2.24) is 10.3 Å². The summed E-state index contributed by atoms with van der Waals surface area (Å²) in [5.74, 6) is -0.402. The van der Waals surface area contributed by atoms with Crippen LogP contribution in [0.5, 0.6) is 0 Å². The SMILES string of the molecule is CC(=C1C(F)CCCC1F)N1CC=C(C(=O)NCCF)c2nc(C)ccc21. The van der Waals surface area contributed by atoms with E-state index in [2.05, 4.69) is 10.3 Å². The van der Waals surface area contributed by atoms with Crippen molar-refractivity contribution in [2.24, 2.45) is 0 Å². The molecule has 1 aromatic heterocycles. The van der Waals surface area contributed by atoms with Gasteiger partial charge in [0, 0.05) is 30.1 Å². The quantitative estimate of drug-likeness (QED) is 0.865. The highest BCUT2D eigenvalue weighted by molar-refractivity contribution is 6.21. The monoisotopic (exact) mass is 379 g/mol. The number of alkyl halides is 3. The van der Waals surface area contributed by atoms with Gasteiger partial charge < -0.3 is 10.2 Å². The highest BCUT2D eigenvalue weighted by atomic mass is 19.1. The molecule has 146 valence electrons. The number of rotatable bonds is 4. The molecule has 0 radical (unpaired) electrons. The van der Waals surface area contributed by atoms with Gasteiger partial charge in [-0.05, 0) is 51.3 Å². The van der Waals surface area contributed by atoms with Crippen LogP contribution in [0.1, 0.15) is 37.6 Å². The van der Waals surface area contributed by atoms with Crippen molar-refractivity contribution in [3.63, 3.8) is 0 Å². The highest BCUT2D eigenvalue weighted by Gasteiger charge is 2.33. The molecule has 0 spiro atoms. The standard InChI is InChI=1S/C20H24F3N3O/c1-12-6-7-17-19(25-12)14(20(27)24-10-9-21)8-11-26(17)13(2)18-15(22)4-3-5-16(18)23/h6-8,15-16H,3-5,9-11H2,1-2H3,(H,24,27). The van der Waals surface area contributed by atoms with E-state index in [1.54, 1.807) is 37.0 Å². The van der Waals surface area contributed by atoms with E-state index in [0.29, 0.717) is 48.5 Å². The van der Waals surface area contributed by atoms with Crippen LogP contribution in [0.15, 0.2) is 29.5 Å². The van der Waals surface area contributed by atoms with E-state index in [4.69, 9.17) is 0 Å². The normalized spacial score (nSPS) is 22.2. The average Bonchev–Trinajstić information content (AvgIpc) is 2.64. The fraction of sp³-hybridized carbons (Fsp3) is 0.500. The summed E-state index contributed by atoms with van der Waals surface area (Å²) >= 11 is 0. The van der Waals surface area contributed by atoms with Crippen LogP contribution in [0.2, 0.25) is 0 Å². The van der Waals surface area contributed by atoms with Gasteiger partial charge in [0.2, 0.25) is 0 Å². The summed E-state index contributed by atoms with van der Waals surface area (Å²) in [4.78, 5) is 18.6. The molecule has 3 rings (SSSR count). The minimum atomic E-state index is -1.30. The van der Waals surface area contributed by atoms with Gasteiger partial charge in [-0.3, -0.25) is 9.78 Å². The van der Waals surface area contributed by atoms with Gasteiger partial charge in [-0.1, -0.05) is 0 Å². The number of aryl methyl sites for hydroxylation is 1. The molecule has 2 atom stereocenters. The minimum Gasteiger partial charge on any atom is -0.349 e. The number of carbonyl (C=O) groups is 1. The van der Waals surface area contributed by atoms with Crippen LogP contribution in [0, 0.1) is 6.92 Å². The predicted molar refractivity (Wildman–Crippen MR) is 99.6 cm³/mol. The Hall–Kier alpha value is -2.31. The van der Waals surface area contributed by atoms with E-state index in [-0.39, 0.29) is 12.1 Å². The summed E-state index contributed by atoms with van der Waals surface area (Å²) in [7, 11) is 0. The van der Waals surface area contributed by atoms with Crippen LogP contribution in [0.25, 0.3) is 5.57 Å². The van der Waals surface area contributed by atoms with Crippen molar-refractivity contribution in [1.29, 1.82) is 0 Å². The van der Waals surface area contributed by atoms with Crippen LogP contribution < -0.4 is 10.2 Å². The van der Waals surface area contributed by atoms with Gasteiger partial charge in [-0.25, -0.2) is 13.2 Å². The first-order valence-electron chi connectivity index (χ1n) is 9.22. The second-order valence-electron chi connectivity index (χ2n) is 6.90. The van der Waals surface area contributed by atoms with Gasteiger partial charge in [-0.2, -0.15) is 0 Å². The van der Waals surface area contributed by atoms with Gasteiger partial charge in [0.15, 0.2) is 0 Å². The maximum atomic E-state index is 14.4. The number of pyridine rings is 1. The fourth-order valence-electron chi connectivity index (χ4n) is 3.71. The number of aromatic nitrogens is 1. The number of nitrogens with one attached hydrogen (secondary N) is 1. The summed E-state index contributed by atoms with van der Waals surface area (Å²) in [6.45, 7) is 3.09. The molecule has 4 nitrogen and oxygen atoms in total. The Morgan fingerprint density at radius 3 is 2.67 bits per heavy atom. The van der Waals surface area contributed by atoms with Crippen molar-refractivity contribution >= 4 is 17.2 Å². The zero-order valence-corrected chi connectivity index (χ0v) is 15.6. The van der Waals surface area contributed by atoms with Crippen molar-refractivity contribution in [2.45, 2.75) is 45.5 Å². The maximum absolute atomic E-state index is 14.4. The van der Waals surface area contributed by atoms with E-state index in [9.17, 15) is 18.0 Å². The summed E-state index contributed by atoms with van der Waals surface area (Å²) in [6.07, 6.45) is 0.271. The summed E-state index contributed by atoms with van der Waals surface area (Å²) < 4.78 is 41.3. The number of allylic oxidation sites excluding steroid dienone is 2. The summed E-state index contributed by atoms with van der Waals surface area (Å²) in [5.41, 5.74) is 2.86. The second-order valence-corrected chi connectivity index (χ2v) is 6.90. The van der Waals surface area contributed by atoms with Crippen LogP contribution >= 0.6 is 0 Å². The molecule has 1 aromatic rings. The zero-order chi connectivity index (χ0) is 19.6. The molecule has 27 heavy (non-hydrogen) atoms. The van der Waals surface area contributed by atoms with Gasteiger partial charge in [0.25, 0.3) is 5.91 Å². The molecule has 1 N–H and O–H groups in total. The smallest absolute Gasteiger partial charge is 0.253 e. The number of hydrogen-bond donors (Lipinski definition) is 1. The first kappa shape index (κ1) is 19.5. The Morgan fingerprint density at radius 1 is 1.30 bits per heavy atom. The first-order chi connectivity index (χ1) is 12.9. The largest absolute Gasteiger partial charge is 0.349 e. The molecular weight excluding hydrogens is 355 g/mol. The molecule has 0 bridgehead atoms. The van der Waals surface area contributed by atoms with Gasteiger partial charge in [0.05, 0.1) is 17.0 Å². The lowest BCUT2D eigenvalue weighted by Gasteiger charge is -2.34. The number of amides is 1. The Bertz CT molecular complexity index is 779. The molecule has 0 saturated heterocycles. The maximum Gasteiger partial charge on any atom is 0.253 e. The topological polar surface area (TPSA) is 45.2 Å². The number of carbonyl (C=O) groups excluding carboxylic acids is 1. The first-order valence-corrected chi connectivity index (χ1v) is 9.22. The number of anilines is 1. The van der Waals surface area contributed by atoms with Crippen molar-refractivity contribution in [2.75, 3.05) is 24.7 Å². The third-order valence-corrected chi connectivity index (χ3v) is 5.07. The van der Waals surface area contributed by atoms with Gasteiger partial charge in [-0.15, -0.1) is 0 Å². The lowest BCUT2D eigenvalue weighted by Crippen LogP contribution is -2.35. The fourth-order valence-corrected chi connectivity index (χ4v) is 3.71. The van der Waals surface area contributed by atoms with E-state index in [1.807, 2.05) is 0 Å². The number of fused-ring (bicyclic) bond motifs is 1. The molecule has 2 aliphatic rings. The van der Waals surface area contributed by atoms with Crippen LogP contribution in [-0.2, 0) is 4.79 Å². The molecule has 1 aliphatic carbocycles. The van der Waals surface area contributed by atoms with Crippen LogP contribution in [0.3, 0.4) is 0 Å². The van der Waals surface area contributed by atoms with E-state index < -0.39 is 24.9 Å². The van der Waals surface area contributed by atoms with Gasteiger partial charge >= 0.3 is 0 Å². The molecular formula is C20H24F3N3O. The molecule has 1 saturated carbocycles.